The predicted octanol–water partition coefficient (Wildman–Crippen LogP) is 1.54. The molecule has 0 bridgehead atoms. The minimum atomic E-state index is -0.320. The lowest BCUT2D eigenvalue weighted by atomic mass is 10.1. The van der Waals surface area contributed by atoms with Crippen LogP contribution in [0.4, 0.5) is 0 Å². The molecule has 0 saturated carbocycles. The van der Waals surface area contributed by atoms with E-state index in [0.717, 1.165) is 19.4 Å². The van der Waals surface area contributed by atoms with Crippen molar-refractivity contribution in [2.24, 2.45) is 5.92 Å². The van der Waals surface area contributed by atoms with E-state index in [-0.39, 0.29) is 18.5 Å². The number of hydrogen-bond acceptors (Lipinski definition) is 3. The van der Waals surface area contributed by atoms with Crippen LogP contribution in [-0.4, -0.2) is 30.2 Å². The van der Waals surface area contributed by atoms with Crippen LogP contribution in [-0.2, 0) is 9.47 Å². The first-order valence-electron chi connectivity index (χ1n) is 5.04. The summed E-state index contributed by atoms with van der Waals surface area (Å²) in [5.41, 5.74) is 0. The van der Waals surface area contributed by atoms with Gasteiger partial charge in [-0.25, -0.2) is 0 Å². The SMILES string of the molecule is CC(C)CO[C@H]1CC[C@H](O)[C@@H](C)O1. The molecule has 78 valence electrons. The highest BCUT2D eigenvalue weighted by Crippen LogP contribution is 2.20. The largest absolute Gasteiger partial charge is 0.390 e. The lowest BCUT2D eigenvalue weighted by molar-refractivity contribution is -0.220. The first-order valence-corrected chi connectivity index (χ1v) is 5.04. The molecule has 0 spiro atoms. The molecular weight excluding hydrogens is 168 g/mol. The Bertz CT molecular complexity index is 147. The van der Waals surface area contributed by atoms with E-state index in [0.29, 0.717) is 5.92 Å². The van der Waals surface area contributed by atoms with Crippen molar-refractivity contribution in [3.63, 3.8) is 0 Å². The number of aliphatic hydroxyl groups excluding tert-OH is 1. The Labute approximate surface area is 80.0 Å². The molecule has 1 fully saturated rings. The van der Waals surface area contributed by atoms with Crippen molar-refractivity contribution < 1.29 is 14.6 Å². The molecule has 1 saturated heterocycles. The van der Waals surface area contributed by atoms with Crippen LogP contribution < -0.4 is 0 Å². The zero-order valence-corrected chi connectivity index (χ0v) is 8.69. The summed E-state index contributed by atoms with van der Waals surface area (Å²) in [5, 5.41) is 9.39. The van der Waals surface area contributed by atoms with Gasteiger partial charge in [0.05, 0.1) is 18.8 Å². The van der Waals surface area contributed by atoms with Crippen molar-refractivity contribution in [3.8, 4) is 0 Å². The fraction of sp³-hybridized carbons (Fsp3) is 1.00. The smallest absolute Gasteiger partial charge is 0.158 e. The lowest BCUT2D eigenvalue weighted by Gasteiger charge is -2.31. The highest BCUT2D eigenvalue weighted by molar-refractivity contribution is 4.71. The fourth-order valence-electron chi connectivity index (χ4n) is 1.36. The summed E-state index contributed by atoms with van der Waals surface area (Å²) in [4.78, 5) is 0. The molecule has 1 heterocycles. The van der Waals surface area contributed by atoms with Crippen molar-refractivity contribution in [1.29, 1.82) is 0 Å². The second-order valence-electron chi connectivity index (χ2n) is 4.14. The van der Waals surface area contributed by atoms with Gasteiger partial charge in [0, 0.05) is 6.42 Å². The highest BCUT2D eigenvalue weighted by Gasteiger charge is 2.26. The van der Waals surface area contributed by atoms with E-state index in [2.05, 4.69) is 13.8 Å². The first-order chi connectivity index (χ1) is 6.09. The quantitative estimate of drug-likeness (QED) is 0.730. The summed E-state index contributed by atoms with van der Waals surface area (Å²) in [6.07, 6.45) is 1.06. The zero-order valence-electron chi connectivity index (χ0n) is 8.69. The maximum atomic E-state index is 9.39. The summed E-state index contributed by atoms with van der Waals surface area (Å²) >= 11 is 0. The predicted molar refractivity (Wildman–Crippen MR) is 50.4 cm³/mol. The number of ether oxygens (including phenoxy) is 2. The van der Waals surface area contributed by atoms with Crippen LogP contribution in [0, 0.1) is 5.92 Å². The number of rotatable bonds is 3. The van der Waals surface area contributed by atoms with Gasteiger partial charge in [-0.05, 0) is 19.3 Å². The second kappa shape index (κ2) is 4.94. The number of hydrogen-bond donors (Lipinski definition) is 1. The van der Waals surface area contributed by atoms with Crippen molar-refractivity contribution in [2.75, 3.05) is 6.61 Å². The zero-order chi connectivity index (χ0) is 9.84. The Kier molecular flexibility index (Phi) is 4.16. The average molecular weight is 188 g/mol. The maximum Gasteiger partial charge on any atom is 0.158 e. The van der Waals surface area contributed by atoms with Crippen LogP contribution in [0.5, 0.6) is 0 Å². The van der Waals surface area contributed by atoms with Gasteiger partial charge in [-0.3, -0.25) is 0 Å². The molecule has 13 heavy (non-hydrogen) atoms. The first kappa shape index (κ1) is 11.0. The Morgan fingerprint density at radius 1 is 1.46 bits per heavy atom. The fourth-order valence-corrected chi connectivity index (χ4v) is 1.36. The number of aliphatic hydroxyl groups is 1. The lowest BCUT2D eigenvalue weighted by Crippen LogP contribution is -2.38. The van der Waals surface area contributed by atoms with Crippen LogP contribution in [0.3, 0.4) is 0 Å². The third-order valence-electron chi connectivity index (χ3n) is 2.22. The van der Waals surface area contributed by atoms with Gasteiger partial charge in [-0.1, -0.05) is 13.8 Å². The Balaban J connectivity index is 2.21. The third kappa shape index (κ3) is 3.63. The molecule has 3 heteroatoms. The molecule has 1 N–H and O–H groups in total. The van der Waals surface area contributed by atoms with E-state index in [1.165, 1.54) is 0 Å². The molecule has 3 atom stereocenters. The van der Waals surface area contributed by atoms with E-state index >= 15 is 0 Å². The molecule has 0 aromatic carbocycles. The van der Waals surface area contributed by atoms with Gasteiger partial charge in [-0.2, -0.15) is 0 Å². The summed E-state index contributed by atoms with van der Waals surface area (Å²) in [7, 11) is 0. The summed E-state index contributed by atoms with van der Waals surface area (Å²) in [5.74, 6) is 0.533. The minimum absolute atomic E-state index is 0.0917. The second-order valence-corrected chi connectivity index (χ2v) is 4.14. The van der Waals surface area contributed by atoms with Crippen LogP contribution >= 0.6 is 0 Å². The van der Waals surface area contributed by atoms with Gasteiger partial charge >= 0.3 is 0 Å². The molecule has 0 aromatic heterocycles. The molecule has 0 unspecified atom stereocenters. The van der Waals surface area contributed by atoms with E-state index in [9.17, 15) is 5.11 Å². The van der Waals surface area contributed by atoms with E-state index in [1.807, 2.05) is 6.92 Å². The van der Waals surface area contributed by atoms with Gasteiger partial charge in [0.25, 0.3) is 0 Å². The Hall–Kier alpha value is -0.120. The highest BCUT2D eigenvalue weighted by atomic mass is 16.7. The standard InChI is InChI=1S/C10H20O3/c1-7(2)6-12-10-5-4-9(11)8(3)13-10/h7-11H,4-6H2,1-3H3/t8-,9+,10-/m1/s1. The van der Waals surface area contributed by atoms with E-state index < -0.39 is 0 Å². The molecule has 0 amide bonds. The van der Waals surface area contributed by atoms with Crippen LogP contribution in [0.2, 0.25) is 0 Å². The molecule has 1 aliphatic rings. The summed E-state index contributed by atoms with van der Waals surface area (Å²) < 4.78 is 11.0. The monoisotopic (exact) mass is 188 g/mol. The normalized spacial score (nSPS) is 35.3. The van der Waals surface area contributed by atoms with Gasteiger partial charge in [0.15, 0.2) is 6.29 Å². The topological polar surface area (TPSA) is 38.7 Å². The van der Waals surface area contributed by atoms with Crippen LogP contribution in [0.1, 0.15) is 33.6 Å². The molecule has 0 aromatic rings. The molecule has 1 rings (SSSR count). The van der Waals surface area contributed by atoms with Crippen molar-refractivity contribution in [2.45, 2.75) is 52.1 Å². The molecule has 3 nitrogen and oxygen atoms in total. The summed E-state index contributed by atoms with van der Waals surface area (Å²) in [6, 6.07) is 0. The molecule has 0 radical (unpaired) electrons. The van der Waals surface area contributed by atoms with Crippen molar-refractivity contribution >= 4 is 0 Å². The summed E-state index contributed by atoms with van der Waals surface area (Å²) in [6.45, 7) is 6.84. The van der Waals surface area contributed by atoms with E-state index in [1.54, 1.807) is 0 Å². The minimum Gasteiger partial charge on any atom is -0.390 e. The molecule has 0 aliphatic carbocycles. The Morgan fingerprint density at radius 3 is 2.69 bits per heavy atom. The van der Waals surface area contributed by atoms with E-state index in [4.69, 9.17) is 9.47 Å². The van der Waals surface area contributed by atoms with Crippen LogP contribution in [0.25, 0.3) is 0 Å². The average Bonchev–Trinajstić information content (AvgIpc) is 2.07. The molecule has 1 aliphatic heterocycles. The van der Waals surface area contributed by atoms with Gasteiger partial charge < -0.3 is 14.6 Å². The van der Waals surface area contributed by atoms with Crippen molar-refractivity contribution in [1.82, 2.24) is 0 Å². The molecular formula is C10H20O3. The third-order valence-corrected chi connectivity index (χ3v) is 2.22. The maximum absolute atomic E-state index is 9.39. The van der Waals surface area contributed by atoms with Gasteiger partial charge in [0.2, 0.25) is 0 Å². The van der Waals surface area contributed by atoms with Gasteiger partial charge in [0.1, 0.15) is 0 Å². The Morgan fingerprint density at radius 2 is 2.15 bits per heavy atom. The van der Waals surface area contributed by atoms with Crippen LogP contribution in [0.15, 0.2) is 0 Å². The van der Waals surface area contributed by atoms with Crippen molar-refractivity contribution in [3.05, 3.63) is 0 Å². The van der Waals surface area contributed by atoms with Gasteiger partial charge in [-0.15, -0.1) is 0 Å².